The van der Waals surface area contributed by atoms with Crippen molar-refractivity contribution in [2.75, 3.05) is 18.9 Å². The van der Waals surface area contributed by atoms with Gasteiger partial charge in [0.15, 0.2) is 0 Å². The van der Waals surface area contributed by atoms with E-state index >= 15 is 0 Å². The lowest BCUT2D eigenvalue weighted by Crippen LogP contribution is -2.48. The monoisotopic (exact) mass is 289 g/mol. The van der Waals surface area contributed by atoms with Crippen LogP contribution in [0.3, 0.4) is 0 Å². The van der Waals surface area contributed by atoms with Crippen molar-refractivity contribution in [3.8, 4) is 0 Å². The van der Waals surface area contributed by atoms with E-state index in [9.17, 15) is 9.59 Å². The molecule has 0 aromatic heterocycles. The van der Waals surface area contributed by atoms with Crippen molar-refractivity contribution in [3.63, 3.8) is 0 Å². The van der Waals surface area contributed by atoms with Gasteiger partial charge in [-0.3, -0.25) is 9.59 Å². The molecule has 1 aromatic rings. The van der Waals surface area contributed by atoms with Crippen LogP contribution < -0.4 is 16.0 Å². The van der Waals surface area contributed by atoms with Gasteiger partial charge in [0.25, 0.3) is 0 Å². The molecule has 3 N–H and O–H groups in total. The average molecular weight is 289 g/mol. The largest absolute Gasteiger partial charge is 0.359 e. The maximum atomic E-state index is 12.4. The fraction of sp³-hybridized carbons (Fsp3) is 0.500. The maximum absolute atomic E-state index is 12.4. The number of carbonyl (C=O) groups is 2. The summed E-state index contributed by atoms with van der Waals surface area (Å²) in [5.41, 5.74) is 1.54. The average Bonchev–Trinajstić information content (AvgIpc) is 2.49. The van der Waals surface area contributed by atoms with Crippen LogP contribution >= 0.6 is 0 Å². The molecule has 1 saturated heterocycles. The highest BCUT2D eigenvalue weighted by molar-refractivity contribution is 5.96. The lowest BCUT2D eigenvalue weighted by atomic mass is 9.92. The Kier molecular flexibility index (Phi) is 5.33. The maximum Gasteiger partial charge on any atom is 0.241 e. The summed E-state index contributed by atoms with van der Waals surface area (Å²) >= 11 is 0. The molecule has 1 fully saturated rings. The van der Waals surface area contributed by atoms with Crippen molar-refractivity contribution < 1.29 is 9.59 Å². The number of piperidine rings is 1. The Bertz CT molecular complexity index is 516. The van der Waals surface area contributed by atoms with Crippen LogP contribution in [-0.4, -0.2) is 31.4 Å². The van der Waals surface area contributed by atoms with Crippen LogP contribution in [0.1, 0.15) is 25.3 Å². The predicted molar refractivity (Wildman–Crippen MR) is 83.0 cm³/mol. The van der Waals surface area contributed by atoms with Gasteiger partial charge in [0.2, 0.25) is 11.8 Å². The van der Waals surface area contributed by atoms with Crippen molar-refractivity contribution in [1.29, 1.82) is 0 Å². The normalized spacial score (nSPS) is 21.6. The second-order valence-electron chi connectivity index (χ2n) is 5.55. The van der Waals surface area contributed by atoms with E-state index in [2.05, 4.69) is 22.9 Å². The summed E-state index contributed by atoms with van der Waals surface area (Å²) in [7, 11) is 1.61. The van der Waals surface area contributed by atoms with Gasteiger partial charge in [-0.2, -0.15) is 0 Å². The van der Waals surface area contributed by atoms with E-state index in [4.69, 9.17) is 0 Å². The molecule has 2 atom stereocenters. The summed E-state index contributed by atoms with van der Waals surface area (Å²) in [6.45, 7) is 2.97. The molecule has 1 aliphatic heterocycles. The number of likely N-dealkylation sites (N-methyl/N-ethyl adjacent to an activating group) is 1. The molecule has 0 saturated carbocycles. The zero-order valence-electron chi connectivity index (χ0n) is 12.6. The first-order chi connectivity index (χ1) is 10.1. The topological polar surface area (TPSA) is 70.2 Å². The molecule has 5 nitrogen and oxygen atoms in total. The van der Waals surface area contributed by atoms with Crippen LogP contribution in [0.2, 0.25) is 0 Å². The highest BCUT2D eigenvalue weighted by atomic mass is 16.2. The van der Waals surface area contributed by atoms with E-state index in [-0.39, 0.29) is 24.3 Å². The number of benzene rings is 1. The minimum absolute atomic E-state index is 0.0217. The van der Waals surface area contributed by atoms with Gasteiger partial charge in [0, 0.05) is 12.7 Å². The molecule has 5 heteroatoms. The number of hydrogen-bond acceptors (Lipinski definition) is 3. The number of rotatable bonds is 4. The van der Waals surface area contributed by atoms with Crippen LogP contribution in [0, 0.1) is 5.92 Å². The smallest absolute Gasteiger partial charge is 0.241 e. The first kappa shape index (κ1) is 15.5. The standard InChI is InChI=1S/C16H23N3O2/c1-11-6-5-9-18-15(11)16(21)19-13-8-4-3-7-12(13)10-14(20)17-2/h3-4,7-8,11,15,18H,5-6,9-10H2,1-2H3,(H,17,20)(H,19,21). The van der Waals surface area contributed by atoms with Crippen LogP contribution in [-0.2, 0) is 16.0 Å². The predicted octanol–water partition coefficient (Wildman–Crippen LogP) is 1.30. The summed E-state index contributed by atoms with van der Waals surface area (Å²) in [6, 6.07) is 7.27. The van der Waals surface area contributed by atoms with Crippen molar-refractivity contribution in [3.05, 3.63) is 29.8 Å². The van der Waals surface area contributed by atoms with Gasteiger partial charge in [-0.05, 0) is 36.9 Å². The summed E-state index contributed by atoms with van der Waals surface area (Å²) in [4.78, 5) is 23.9. The van der Waals surface area contributed by atoms with Gasteiger partial charge < -0.3 is 16.0 Å². The first-order valence-electron chi connectivity index (χ1n) is 7.44. The summed E-state index contributed by atoms with van der Waals surface area (Å²) in [5.74, 6) is 0.234. The molecule has 114 valence electrons. The Morgan fingerprint density at radius 3 is 2.81 bits per heavy atom. The third-order valence-electron chi connectivity index (χ3n) is 3.96. The van der Waals surface area contributed by atoms with E-state index in [1.54, 1.807) is 7.05 Å². The third kappa shape index (κ3) is 4.04. The number of amides is 2. The van der Waals surface area contributed by atoms with Gasteiger partial charge >= 0.3 is 0 Å². The minimum Gasteiger partial charge on any atom is -0.359 e. The highest BCUT2D eigenvalue weighted by Crippen LogP contribution is 2.20. The Morgan fingerprint density at radius 2 is 2.10 bits per heavy atom. The number of nitrogens with one attached hydrogen (secondary N) is 3. The fourth-order valence-corrected chi connectivity index (χ4v) is 2.67. The quantitative estimate of drug-likeness (QED) is 0.782. The Labute approximate surface area is 125 Å². The van der Waals surface area contributed by atoms with Crippen LogP contribution in [0.5, 0.6) is 0 Å². The second-order valence-corrected chi connectivity index (χ2v) is 5.55. The minimum atomic E-state index is -0.160. The number of carbonyl (C=O) groups excluding carboxylic acids is 2. The second kappa shape index (κ2) is 7.22. The van der Waals surface area contributed by atoms with E-state index in [1.807, 2.05) is 24.3 Å². The fourth-order valence-electron chi connectivity index (χ4n) is 2.67. The van der Waals surface area contributed by atoms with Gasteiger partial charge in [0.05, 0.1) is 12.5 Å². The molecule has 21 heavy (non-hydrogen) atoms. The molecule has 1 heterocycles. The zero-order chi connectivity index (χ0) is 15.2. The van der Waals surface area contributed by atoms with Crippen molar-refractivity contribution >= 4 is 17.5 Å². The summed E-state index contributed by atoms with van der Waals surface area (Å²) in [6.07, 6.45) is 2.43. The van der Waals surface area contributed by atoms with Crippen LogP contribution in [0.25, 0.3) is 0 Å². The van der Waals surface area contributed by atoms with E-state index < -0.39 is 0 Å². The van der Waals surface area contributed by atoms with Gasteiger partial charge in [0.1, 0.15) is 0 Å². The van der Waals surface area contributed by atoms with Crippen molar-refractivity contribution in [2.45, 2.75) is 32.2 Å². The molecule has 0 bridgehead atoms. The molecule has 2 amide bonds. The molecular weight excluding hydrogens is 266 g/mol. The SMILES string of the molecule is CNC(=O)Cc1ccccc1NC(=O)C1NCCCC1C. The molecule has 2 rings (SSSR count). The Hall–Kier alpha value is -1.88. The van der Waals surface area contributed by atoms with Crippen molar-refractivity contribution in [2.24, 2.45) is 5.92 Å². The molecule has 2 unspecified atom stereocenters. The number of hydrogen-bond donors (Lipinski definition) is 3. The van der Waals surface area contributed by atoms with Crippen LogP contribution in [0.15, 0.2) is 24.3 Å². The molecule has 1 aromatic carbocycles. The van der Waals surface area contributed by atoms with E-state index in [1.165, 1.54) is 0 Å². The molecule has 1 aliphatic rings. The zero-order valence-corrected chi connectivity index (χ0v) is 12.6. The molecular formula is C16H23N3O2. The Balaban J connectivity index is 2.08. The van der Waals surface area contributed by atoms with E-state index in [0.717, 1.165) is 24.9 Å². The van der Waals surface area contributed by atoms with Gasteiger partial charge in [-0.1, -0.05) is 25.1 Å². The van der Waals surface area contributed by atoms with Gasteiger partial charge in [-0.25, -0.2) is 0 Å². The van der Waals surface area contributed by atoms with Gasteiger partial charge in [-0.15, -0.1) is 0 Å². The number of anilines is 1. The number of para-hydroxylation sites is 1. The Morgan fingerprint density at radius 1 is 1.33 bits per heavy atom. The first-order valence-corrected chi connectivity index (χ1v) is 7.44. The highest BCUT2D eigenvalue weighted by Gasteiger charge is 2.27. The molecule has 0 aliphatic carbocycles. The molecule has 0 radical (unpaired) electrons. The summed E-state index contributed by atoms with van der Waals surface area (Å²) < 4.78 is 0. The third-order valence-corrected chi connectivity index (χ3v) is 3.96. The summed E-state index contributed by atoms with van der Waals surface area (Å²) in [5, 5.41) is 8.83. The van der Waals surface area contributed by atoms with Crippen molar-refractivity contribution in [1.82, 2.24) is 10.6 Å². The lowest BCUT2D eigenvalue weighted by molar-refractivity contribution is -0.120. The molecule has 0 spiro atoms. The van der Waals surface area contributed by atoms with Crippen LogP contribution in [0.4, 0.5) is 5.69 Å². The van der Waals surface area contributed by atoms with E-state index in [0.29, 0.717) is 11.6 Å². The lowest BCUT2D eigenvalue weighted by Gasteiger charge is -2.29.